The number of carbonyl (C=O) groups excluding carboxylic acids is 4. The Bertz CT molecular complexity index is 1940. The summed E-state index contributed by atoms with van der Waals surface area (Å²) in [5, 5.41) is 10.6. The van der Waals surface area contributed by atoms with E-state index < -0.39 is 97.5 Å². The van der Waals surface area contributed by atoms with E-state index >= 15 is 0 Å². The number of ether oxygens (including phenoxy) is 4. The second-order valence-electron chi connectivity index (χ2n) is 27.4. The van der Waals surface area contributed by atoms with Crippen LogP contribution < -0.4 is 0 Å². The summed E-state index contributed by atoms with van der Waals surface area (Å²) in [5.41, 5.74) is 0. The molecule has 0 heterocycles. The lowest BCUT2D eigenvalue weighted by Gasteiger charge is -2.21. The molecule has 2 unspecified atom stereocenters. The van der Waals surface area contributed by atoms with Gasteiger partial charge in [0.2, 0.25) is 0 Å². The molecule has 572 valence electrons. The fourth-order valence-corrected chi connectivity index (χ4v) is 13.1. The van der Waals surface area contributed by atoms with E-state index in [1.807, 2.05) is 0 Å². The largest absolute Gasteiger partial charge is 0.472 e. The molecule has 0 radical (unpaired) electrons. The van der Waals surface area contributed by atoms with Gasteiger partial charge in [-0.1, -0.05) is 341 Å². The number of phosphoric acid groups is 2. The molecule has 97 heavy (non-hydrogen) atoms. The zero-order valence-electron chi connectivity index (χ0n) is 62.5. The molecule has 19 heteroatoms. The Morgan fingerprint density at radius 1 is 0.289 bits per heavy atom. The van der Waals surface area contributed by atoms with Crippen LogP contribution in [-0.2, 0) is 65.4 Å². The summed E-state index contributed by atoms with van der Waals surface area (Å²) >= 11 is 0. The number of phosphoric ester groups is 2. The predicted octanol–water partition coefficient (Wildman–Crippen LogP) is 23.0. The van der Waals surface area contributed by atoms with Crippen LogP contribution >= 0.6 is 15.6 Å². The van der Waals surface area contributed by atoms with Crippen LogP contribution in [0.3, 0.4) is 0 Å². The topological polar surface area (TPSA) is 237 Å². The van der Waals surface area contributed by atoms with Gasteiger partial charge in [-0.05, 0) is 51.4 Å². The van der Waals surface area contributed by atoms with Crippen molar-refractivity contribution < 1.29 is 80.2 Å². The van der Waals surface area contributed by atoms with Gasteiger partial charge in [0.15, 0.2) is 12.2 Å². The summed E-state index contributed by atoms with van der Waals surface area (Å²) in [7, 11) is -9.92. The van der Waals surface area contributed by atoms with Gasteiger partial charge < -0.3 is 33.8 Å². The van der Waals surface area contributed by atoms with Crippen LogP contribution in [0, 0.1) is 0 Å². The lowest BCUT2D eigenvalue weighted by molar-refractivity contribution is -0.161. The first-order valence-corrected chi connectivity index (χ1v) is 43.1. The van der Waals surface area contributed by atoms with Crippen LogP contribution in [0.25, 0.3) is 0 Å². The molecule has 0 aromatic carbocycles. The van der Waals surface area contributed by atoms with Gasteiger partial charge in [0.1, 0.15) is 19.3 Å². The molecule has 0 aliphatic rings. The molecule has 0 aliphatic carbocycles. The second-order valence-corrected chi connectivity index (χ2v) is 30.3. The van der Waals surface area contributed by atoms with Crippen LogP contribution in [0.5, 0.6) is 0 Å². The van der Waals surface area contributed by atoms with Gasteiger partial charge in [0, 0.05) is 25.7 Å². The fourth-order valence-electron chi connectivity index (χ4n) is 11.6. The minimum atomic E-state index is -4.97. The molecule has 5 atom stereocenters. The summed E-state index contributed by atoms with van der Waals surface area (Å²) in [6, 6.07) is 0. The molecular weight excluding hydrogens is 1270 g/mol. The highest BCUT2D eigenvalue weighted by Crippen LogP contribution is 2.45. The number of allylic oxidation sites excluding steroid dienone is 4. The first-order chi connectivity index (χ1) is 47.2. The van der Waals surface area contributed by atoms with Gasteiger partial charge in [-0.2, -0.15) is 0 Å². The standard InChI is InChI=1S/C78H148O17P2/c1-5-9-13-17-21-25-29-32-34-35-36-37-38-40-42-45-49-53-57-61-65-78(83)95-74(69-89-76(81)63-59-55-51-47-44-41-39-33-30-26-22-18-14-10-6-2)71-93-97(86,87)91-67-72(79)66-90-96(84,85)92-70-73(68-88-75(80)62-58-54-50-46-28-24-20-16-12-8-4)94-77(82)64-60-56-52-48-43-31-27-23-19-15-11-7-3/h26,30,33,39,72-74,79H,5-25,27-29,31-32,34-38,40-71H2,1-4H3,(H,84,85)(H,86,87)/b30-26-,39-33-/t72-,73+,74+/m0/s1. The number of aliphatic hydroxyl groups excluding tert-OH is 1. The summed E-state index contributed by atoms with van der Waals surface area (Å²) in [6.45, 7) is 4.93. The summed E-state index contributed by atoms with van der Waals surface area (Å²) in [6.07, 6.45) is 66.0. The highest BCUT2D eigenvalue weighted by Gasteiger charge is 2.30. The number of aliphatic hydroxyl groups is 1. The van der Waals surface area contributed by atoms with Crippen molar-refractivity contribution in [2.45, 2.75) is 412 Å². The van der Waals surface area contributed by atoms with Crippen molar-refractivity contribution in [1.82, 2.24) is 0 Å². The molecule has 0 bridgehead atoms. The summed E-state index contributed by atoms with van der Waals surface area (Å²) in [5.74, 6) is -2.14. The van der Waals surface area contributed by atoms with Crippen LogP contribution in [0.2, 0.25) is 0 Å². The molecule has 0 amide bonds. The zero-order valence-corrected chi connectivity index (χ0v) is 64.3. The molecule has 0 aromatic rings. The van der Waals surface area contributed by atoms with E-state index in [-0.39, 0.29) is 25.7 Å². The maximum Gasteiger partial charge on any atom is 0.472 e. The summed E-state index contributed by atoms with van der Waals surface area (Å²) in [4.78, 5) is 72.8. The third kappa shape index (κ3) is 71.7. The van der Waals surface area contributed by atoms with E-state index in [1.165, 1.54) is 205 Å². The highest BCUT2D eigenvalue weighted by molar-refractivity contribution is 7.47. The SMILES string of the molecule is CCCCCC/C=C\C=C/CCCCCCCC(=O)OC[C@H](COP(=O)(O)OC[C@@H](O)COP(=O)(O)OC[C@@H](COC(=O)CCCCCCCCCCCC)OC(=O)CCCCCCCCCCCCCC)OC(=O)CCCCCCCCCCCCCCCCCCCCCC. The minimum Gasteiger partial charge on any atom is -0.462 e. The van der Waals surface area contributed by atoms with Crippen LogP contribution in [0.4, 0.5) is 0 Å². The van der Waals surface area contributed by atoms with Crippen molar-refractivity contribution in [1.29, 1.82) is 0 Å². The Hall–Kier alpha value is -2.46. The average Bonchev–Trinajstić information content (AvgIpc) is 1.22. The molecular formula is C78H148O17P2. The van der Waals surface area contributed by atoms with Crippen molar-refractivity contribution >= 4 is 39.5 Å². The van der Waals surface area contributed by atoms with Crippen molar-refractivity contribution in [3.63, 3.8) is 0 Å². The van der Waals surface area contributed by atoms with Crippen LogP contribution in [-0.4, -0.2) is 96.7 Å². The van der Waals surface area contributed by atoms with Crippen molar-refractivity contribution in [2.24, 2.45) is 0 Å². The quantitative estimate of drug-likeness (QED) is 0.0169. The highest BCUT2D eigenvalue weighted by atomic mass is 31.2. The number of hydrogen-bond acceptors (Lipinski definition) is 15. The van der Waals surface area contributed by atoms with Gasteiger partial charge in [-0.3, -0.25) is 37.3 Å². The number of hydrogen-bond donors (Lipinski definition) is 3. The van der Waals surface area contributed by atoms with E-state index in [4.69, 9.17) is 37.0 Å². The molecule has 0 rings (SSSR count). The Morgan fingerprint density at radius 2 is 0.495 bits per heavy atom. The molecule has 0 saturated heterocycles. The minimum absolute atomic E-state index is 0.102. The van der Waals surface area contributed by atoms with E-state index in [2.05, 4.69) is 52.0 Å². The normalized spacial score (nSPS) is 14.0. The maximum absolute atomic E-state index is 13.1. The van der Waals surface area contributed by atoms with Gasteiger partial charge in [0.25, 0.3) is 0 Å². The van der Waals surface area contributed by atoms with E-state index in [0.717, 1.165) is 109 Å². The van der Waals surface area contributed by atoms with E-state index in [1.54, 1.807) is 0 Å². The number of carbonyl (C=O) groups is 4. The van der Waals surface area contributed by atoms with Crippen molar-refractivity contribution in [3.05, 3.63) is 24.3 Å². The Kier molecular flexibility index (Phi) is 70.1. The Morgan fingerprint density at radius 3 is 0.753 bits per heavy atom. The van der Waals surface area contributed by atoms with Crippen molar-refractivity contribution in [3.8, 4) is 0 Å². The molecule has 17 nitrogen and oxygen atoms in total. The summed E-state index contributed by atoms with van der Waals surface area (Å²) < 4.78 is 68.5. The number of rotatable bonds is 77. The van der Waals surface area contributed by atoms with Gasteiger partial charge >= 0.3 is 39.5 Å². The maximum atomic E-state index is 13.1. The van der Waals surface area contributed by atoms with E-state index in [0.29, 0.717) is 25.7 Å². The lowest BCUT2D eigenvalue weighted by Crippen LogP contribution is -2.30. The molecule has 0 fully saturated rings. The van der Waals surface area contributed by atoms with Gasteiger partial charge in [-0.15, -0.1) is 0 Å². The first-order valence-electron chi connectivity index (χ1n) is 40.1. The number of esters is 4. The fraction of sp³-hybridized carbons (Fsp3) is 0.897. The Labute approximate surface area is 592 Å². The van der Waals surface area contributed by atoms with Gasteiger partial charge in [0.05, 0.1) is 26.4 Å². The van der Waals surface area contributed by atoms with E-state index in [9.17, 15) is 43.2 Å². The smallest absolute Gasteiger partial charge is 0.462 e. The molecule has 0 spiro atoms. The first kappa shape index (κ1) is 94.5. The third-order valence-electron chi connectivity index (χ3n) is 17.7. The lowest BCUT2D eigenvalue weighted by atomic mass is 10.0. The molecule has 3 N–H and O–H groups in total. The van der Waals surface area contributed by atoms with Gasteiger partial charge in [-0.25, -0.2) is 9.13 Å². The Balaban J connectivity index is 5.25. The predicted molar refractivity (Wildman–Crippen MR) is 395 cm³/mol. The zero-order chi connectivity index (χ0) is 71.1. The third-order valence-corrected chi connectivity index (χ3v) is 19.6. The monoisotopic (exact) mass is 1420 g/mol. The average molecular weight is 1420 g/mol. The molecule has 0 aromatic heterocycles. The second kappa shape index (κ2) is 71.9. The molecule has 0 saturated carbocycles. The van der Waals surface area contributed by atoms with Crippen LogP contribution in [0.1, 0.15) is 394 Å². The van der Waals surface area contributed by atoms with Crippen LogP contribution in [0.15, 0.2) is 24.3 Å². The molecule has 0 aliphatic heterocycles. The number of unbranched alkanes of at least 4 members (excludes halogenated alkanes) is 48. The van der Waals surface area contributed by atoms with Crippen molar-refractivity contribution in [2.75, 3.05) is 39.6 Å².